The lowest BCUT2D eigenvalue weighted by atomic mass is 10.1. The van der Waals surface area contributed by atoms with E-state index < -0.39 is 0 Å². The van der Waals surface area contributed by atoms with Crippen molar-refractivity contribution in [1.29, 1.82) is 0 Å². The Kier molecular flexibility index (Phi) is 4.03. The molecule has 0 amide bonds. The normalized spacial score (nSPS) is 10.0. The first kappa shape index (κ1) is 14.7. The van der Waals surface area contributed by atoms with Crippen molar-refractivity contribution < 1.29 is 4.79 Å². The molecule has 112 valence electrons. The van der Waals surface area contributed by atoms with Crippen molar-refractivity contribution in [2.75, 3.05) is 12.4 Å². The molecule has 0 fully saturated rings. The Bertz CT molecular complexity index is 952. The maximum absolute atomic E-state index is 10.9. The van der Waals surface area contributed by atoms with E-state index in [1.54, 1.807) is 12.1 Å². The second kappa shape index (κ2) is 6.29. The molecule has 3 aromatic rings. The van der Waals surface area contributed by atoms with E-state index in [-0.39, 0.29) is 0 Å². The number of benzene rings is 2. The minimum Gasteiger partial charge on any atom is -0.373 e. The van der Waals surface area contributed by atoms with Gasteiger partial charge >= 0.3 is 0 Å². The van der Waals surface area contributed by atoms with Crippen LogP contribution in [-0.2, 0) is 0 Å². The monoisotopic (exact) mass is 301 g/mol. The van der Waals surface area contributed by atoms with Crippen LogP contribution in [0.3, 0.4) is 0 Å². The van der Waals surface area contributed by atoms with Gasteiger partial charge in [-0.05, 0) is 36.8 Å². The van der Waals surface area contributed by atoms with E-state index in [1.807, 2.05) is 38.2 Å². The van der Waals surface area contributed by atoms with E-state index in [4.69, 9.17) is 0 Å². The zero-order valence-electron chi connectivity index (χ0n) is 12.9. The van der Waals surface area contributed by atoms with Crippen LogP contribution in [0.4, 0.5) is 5.82 Å². The van der Waals surface area contributed by atoms with Gasteiger partial charge in [-0.2, -0.15) is 0 Å². The SMILES string of the molecule is CNc1ncnc2cc(C#Cc3cc(C=O)ccc3C)ccc12. The first-order chi connectivity index (χ1) is 11.2. The average Bonchev–Trinajstić information content (AvgIpc) is 2.60. The van der Waals surface area contributed by atoms with Crippen LogP contribution in [0.5, 0.6) is 0 Å². The number of anilines is 1. The molecule has 0 spiro atoms. The zero-order valence-corrected chi connectivity index (χ0v) is 12.9. The molecule has 4 nitrogen and oxygen atoms in total. The Morgan fingerprint density at radius 2 is 1.96 bits per heavy atom. The van der Waals surface area contributed by atoms with Gasteiger partial charge in [0.2, 0.25) is 0 Å². The number of aldehydes is 1. The molecule has 1 N–H and O–H groups in total. The summed E-state index contributed by atoms with van der Waals surface area (Å²) in [5.41, 5.74) is 4.24. The van der Waals surface area contributed by atoms with Crippen molar-refractivity contribution in [3.63, 3.8) is 0 Å². The number of rotatable bonds is 2. The molecule has 0 atom stereocenters. The van der Waals surface area contributed by atoms with Crippen molar-refractivity contribution >= 4 is 23.0 Å². The van der Waals surface area contributed by atoms with Gasteiger partial charge in [0.25, 0.3) is 0 Å². The maximum Gasteiger partial charge on any atom is 0.150 e. The van der Waals surface area contributed by atoms with Crippen LogP contribution in [-0.4, -0.2) is 23.3 Å². The minimum absolute atomic E-state index is 0.629. The number of aromatic nitrogens is 2. The summed E-state index contributed by atoms with van der Waals surface area (Å²) >= 11 is 0. The molecule has 2 aromatic carbocycles. The fourth-order valence-corrected chi connectivity index (χ4v) is 2.32. The third-order valence-electron chi connectivity index (χ3n) is 3.61. The Hall–Kier alpha value is -3.19. The second-order valence-corrected chi connectivity index (χ2v) is 5.15. The summed E-state index contributed by atoms with van der Waals surface area (Å²) in [6.45, 7) is 1.98. The third kappa shape index (κ3) is 3.04. The molecule has 0 bridgehead atoms. The lowest BCUT2D eigenvalue weighted by Gasteiger charge is -2.03. The highest BCUT2D eigenvalue weighted by Gasteiger charge is 2.02. The van der Waals surface area contributed by atoms with Crippen LogP contribution in [0.25, 0.3) is 10.9 Å². The molecule has 0 radical (unpaired) electrons. The standard InChI is InChI=1S/C19H15N3O/c1-13-3-4-15(11-23)9-16(13)7-5-14-6-8-17-18(10-14)21-12-22-19(17)20-2/h3-4,6,8-12H,1-2H3,(H,20,21,22). The summed E-state index contributed by atoms with van der Waals surface area (Å²) in [6.07, 6.45) is 2.36. The summed E-state index contributed by atoms with van der Waals surface area (Å²) in [5.74, 6) is 7.06. The van der Waals surface area contributed by atoms with E-state index >= 15 is 0 Å². The van der Waals surface area contributed by atoms with Gasteiger partial charge in [-0.3, -0.25) is 4.79 Å². The van der Waals surface area contributed by atoms with Crippen molar-refractivity contribution in [3.05, 3.63) is 65.0 Å². The van der Waals surface area contributed by atoms with Gasteiger partial charge < -0.3 is 5.32 Å². The van der Waals surface area contributed by atoms with E-state index in [0.29, 0.717) is 5.56 Å². The van der Waals surface area contributed by atoms with Gasteiger partial charge in [-0.1, -0.05) is 24.0 Å². The number of nitrogens with zero attached hydrogens (tertiary/aromatic N) is 2. The number of carbonyl (C=O) groups is 1. The molecule has 23 heavy (non-hydrogen) atoms. The Labute approximate surface area is 134 Å². The molecule has 0 aliphatic carbocycles. The number of nitrogens with one attached hydrogen (secondary N) is 1. The van der Waals surface area contributed by atoms with Crippen LogP contribution in [0, 0.1) is 18.8 Å². The molecular weight excluding hydrogens is 286 g/mol. The summed E-state index contributed by atoms with van der Waals surface area (Å²) in [4.78, 5) is 19.4. The van der Waals surface area contributed by atoms with Gasteiger partial charge in [0.1, 0.15) is 18.4 Å². The second-order valence-electron chi connectivity index (χ2n) is 5.15. The Morgan fingerprint density at radius 1 is 1.09 bits per heavy atom. The summed E-state index contributed by atoms with van der Waals surface area (Å²) < 4.78 is 0. The van der Waals surface area contributed by atoms with Crippen LogP contribution in [0.1, 0.15) is 27.0 Å². The van der Waals surface area contributed by atoms with Crippen LogP contribution in [0.15, 0.2) is 42.7 Å². The van der Waals surface area contributed by atoms with Gasteiger partial charge in [0, 0.05) is 29.1 Å². The number of fused-ring (bicyclic) bond motifs is 1. The topological polar surface area (TPSA) is 54.9 Å². The number of hydrogen-bond donors (Lipinski definition) is 1. The van der Waals surface area contributed by atoms with Crippen molar-refractivity contribution in [1.82, 2.24) is 9.97 Å². The Balaban J connectivity index is 2.02. The fourth-order valence-electron chi connectivity index (χ4n) is 2.32. The van der Waals surface area contributed by atoms with Gasteiger partial charge in [-0.15, -0.1) is 0 Å². The molecule has 0 unspecified atom stereocenters. The molecule has 4 heteroatoms. The predicted molar refractivity (Wildman–Crippen MR) is 91.6 cm³/mol. The fraction of sp³-hybridized carbons (Fsp3) is 0.105. The largest absolute Gasteiger partial charge is 0.373 e. The van der Waals surface area contributed by atoms with Crippen molar-refractivity contribution in [3.8, 4) is 11.8 Å². The summed E-state index contributed by atoms with van der Waals surface area (Å²) in [7, 11) is 1.83. The predicted octanol–water partition coefficient (Wildman–Crippen LogP) is 3.19. The summed E-state index contributed by atoms with van der Waals surface area (Å²) in [6, 6.07) is 11.3. The number of aryl methyl sites for hydroxylation is 1. The molecule has 3 rings (SSSR count). The highest BCUT2D eigenvalue weighted by molar-refractivity contribution is 5.89. The lowest BCUT2D eigenvalue weighted by molar-refractivity contribution is 0.112. The molecule has 0 aliphatic heterocycles. The van der Waals surface area contributed by atoms with Crippen LogP contribution >= 0.6 is 0 Å². The highest BCUT2D eigenvalue weighted by Crippen LogP contribution is 2.19. The van der Waals surface area contributed by atoms with Gasteiger partial charge in [-0.25, -0.2) is 9.97 Å². The molecule has 0 saturated carbocycles. The van der Waals surface area contributed by atoms with Crippen LogP contribution < -0.4 is 5.32 Å². The molecular formula is C19H15N3O. The van der Waals surface area contributed by atoms with E-state index in [9.17, 15) is 4.79 Å². The number of carbonyl (C=O) groups excluding carboxylic acids is 1. The first-order valence-electron chi connectivity index (χ1n) is 7.21. The number of hydrogen-bond acceptors (Lipinski definition) is 4. The van der Waals surface area contributed by atoms with E-state index in [1.165, 1.54) is 6.33 Å². The van der Waals surface area contributed by atoms with Crippen molar-refractivity contribution in [2.45, 2.75) is 6.92 Å². The molecule has 0 aliphatic rings. The molecule has 1 heterocycles. The first-order valence-corrected chi connectivity index (χ1v) is 7.21. The van der Waals surface area contributed by atoms with Gasteiger partial charge in [0.05, 0.1) is 5.52 Å². The van der Waals surface area contributed by atoms with E-state index in [2.05, 4.69) is 27.1 Å². The lowest BCUT2D eigenvalue weighted by Crippen LogP contribution is -1.94. The van der Waals surface area contributed by atoms with Crippen LogP contribution in [0.2, 0.25) is 0 Å². The zero-order chi connectivity index (χ0) is 16.2. The highest BCUT2D eigenvalue weighted by atomic mass is 16.1. The average molecular weight is 301 g/mol. The Morgan fingerprint density at radius 3 is 2.74 bits per heavy atom. The minimum atomic E-state index is 0.629. The quantitative estimate of drug-likeness (QED) is 0.583. The molecule has 0 saturated heterocycles. The smallest absolute Gasteiger partial charge is 0.150 e. The summed E-state index contributed by atoms with van der Waals surface area (Å²) in [5, 5.41) is 4.01. The molecule has 1 aromatic heterocycles. The third-order valence-corrected chi connectivity index (χ3v) is 3.61. The maximum atomic E-state index is 10.9. The van der Waals surface area contributed by atoms with E-state index in [0.717, 1.165) is 39.7 Å². The van der Waals surface area contributed by atoms with Gasteiger partial charge in [0.15, 0.2) is 0 Å². The van der Waals surface area contributed by atoms with Crippen molar-refractivity contribution in [2.24, 2.45) is 0 Å².